The van der Waals surface area contributed by atoms with Crippen molar-refractivity contribution in [1.82, 2.24) is 20.1 Å². The molecule has 0 aliphatic heterocycles. The highest BCUT2D eigenvalue weighted by Crippen LogP contribution is 2.34. The van der Waals surface area contributed by atoms with E-state index in [2.05, 4.69) is 30.7 Å². The number of halogens is 1. The predicted molar refractivity (Wildman–Crippen MR) is 123 cm³/mol. The second-order valence-corrected chi connectivity index (χ2v) is 9.03. The average Bonchev–Trinajstić information content (AvgIpc) is 3.35. The third-order valence-electron chi connectivity index (χ3n) is 5.41. The van der Waals surface area contributed by atoms with Crippen molar-refractivity contribution in [2.24, 2.45) is 5.92 Å². The molecule has 1 aromatic carbocycles. The maximum absolute atomic E-state index is 12.5. The average molecular weight is 485 g/mol. The van der Waals surface area contributed by atoms with Crippen LogP contribution in [0.25, 0.3) is 22.2 Å². The van der Waals surface area contributed by atoms with Crippen LogP contribution < -0.4 is 10.6 Å². The molecule has 1 amide bonds. The molecular weight excluding hydrogens is 468 g/mol. The van der Waals surface area contributed by atoms with E-state index >= 15 is 0 Å². The standard InChI is InChI=1S/C21H17ClN6O4S/c1-9-24-17(28-32-9)11-3-2-10-4-5-23-18(14(10)8-11)25-13-6-12(7-13)19(29)27-21-26-16(22)15(33-21)20(30)31/h2-5,8,12-13H,6-7H2,1H3,(H,23,25)(H,30,31)(H,26,27,29). The smallest absolute Gasteiger partial charge is 0.349 e. The molecule has 0 atom stereocenters. The minimum atomic E-state index is -1.17. The summed E-state index contributed by atoms with van der Waals surface area (Å²) in [5.41, 5.74) is 0.823. The molecule has 3 aromatic heterocycles. The predicted octanol–water partition coefficient (Wildman–Crippen LogP) is 4.23. The number of aromatic carboxylic acids is 1. The zero-order valence-corrected chi connectivity index (χ0v) is 18.8. The number of aryl methyl sites for hydroxylation is 1. The molecule has 1 saturated carbocycles. The van der Waals surface area contributed by atoms with Crippen molar-refractivity contribution < 1.29 is 19.2 Å². The number of carboxylic acids is 1. The Hall–Kier alpha value is -3.57. The Bertz CT molecular complexity index is 1380. The number of benzene rings is 1. The van der Waals surface area contributed by atoms with E-state index < -0.39 is 5.97 Å². The van der Waals surface area contributed by atoms with Crippen molar-refractivity contribution >= 4 is 56.5 Å². The van der Waals surface area contributed by atoms with E-state index in [9.17, 15) is 9.59 Å². The Kier molecular flexibility index (Phi) is 5.43. The van der Waals surface area contributed by atoms with Crippen LogP contribution in [0.1, 0.15) is 28.4 Å². The SMILES string of the molecule is Cc1nc(-c2ccc3ccnc(NC4CC(C(=O)Nc5nc(Cl)c(C(=O)O)s5)C4)c3c2)no1. The van der Waals surface area contributed by atoms with Crippen molar-refractivity contribution in [3.8, 4) is 11.4 Å². The van der Waals surface area contributed by atoms with Crippen LogP contribution in [0.15, 0.2) is 35.0 Å². The fourth-order valence-electron chi connectivity index (χ4n) is 3.68. The van der Waals surface area contributed by atoms with E-state index in [-0.39, 0.29) is 33.0 Å². The molecule has 168 valence electrons. The number of carbonyl (C=O) groups excluding carboxylic acids is 1. The summed E-state index contributed by atoms with van der Waals surface area (Å²) in [4.78, 5) is 36.1. The topological polar surface area (TPSA) is 143 Å². The Morgan fingerprint density at radius 3 is 2.76 bits per heavy atom. The molecule has 3 heterocycles. The number of amides is 1. The number of fused-ring (bicyclic) bond motifs is 1. The van der Waals surface area contributed by atoms with Gasteiger partial charge in [0.1, 0.15) is 5.82 Å². The van der Waals surface area contributed by atoms with E-state index in [1.165, 1.54) is 0 Å². The number of aromatic nitrogens is 4. The van der Waals surface area contributed by atoms with Gasteiger partial charge in [-0.25, -0.2) is 14.8 Å². The normalized spacial score (nSPS) is 17.5. The van der Waals surface area contributed by atoms with Gasteiger partial charge in [-0.3, -0.25) is 4.79 Å². The third kappa shape index (κ3) is 4.24. The van der Waals surface area contributed by atoms with Gasteiger partial charge in [-0.2, -0.15) is 4.98 Å². The molecule has 0 unspecified atom stereocenters. The first-order chi connectivity index (χ1) is 15.9. The summed E-state index contributed by atoms with van der Waals surface area (Å²) in [5, 5.41) is 21.1. The van der Waals surface area contributed by atoms with Crippen LogP contribution in [0.2, 0.25) is 5.15 Å². The number of carboxylic acid groups (broad SMARTS) is 1. The Balaban J connectivity index is 1.25. The molecule has 5 rings (SSSR count). The minimum Gasteiger partial charge on any atom is -0.477 e. The van der Waals surface area contributed by atoms with E-state index in [1.54, 1.807) is 13.1 Å². The van der Waals surface area contributed by atoms with E-state index in [1.807, 2.05) is 24.3 Å². The highest BCUT2D eigenvalue weighted by atomic mass is 35.5. The Labute approximate surface area is 196 Å². The summed E-state index contributed by atoms with van der Waals surface area (Å²) in [6, 6.07) is 7.87. The lowest BCUT2D eigenvalue weighted by atomic mass is 9.79. The summed E-state index contributed by atoms with van der Waals surface area (Å²) in [6.07, 6.45) is 2.95. The van der Waals surface area contributed by atoms with Crippen LogP contribution in [0.5, 0.6) is 0 Å². The van der Waals surface area contributed by atoms with Gasteiger partial charge in [0.15, 0.2) is 15.2 Å². The third-order valence-corrected chi connectivity index (χ3v) is 6.76. The summed E-state index contributed by atoms with van der Waals surface area (Å²) in [6.45, 7) is 1.74. The molecule has 0 saturated heterocycles. The fraction of sp³-hybridized carbons (Fsp3) is 0.238. The zero-order chi connectivity index (χ0) is 23.1. The van der Waals surface area contributed by atoms with Crippen LogP contribution in [0.4, 0.5) is 10.9 Å². The summed E-state index contributed by atoms with van der Waals surface area (Å²) >= 11 is 6.64. The number of thiazole rings is 1. The van der Waals surface area contributed by atoms with Crippen LogP contribution >= 0.6 is 22.9 Å². The molecule has 12 heteroatoms. The first kappa shape index (κ1) is 21.3. The van der Waals surface area contributed by atoms with Crippen molar-refractivity contribution in [3.05, 3.63) is 46.4 Å². The van der Waals surface area contributed by atoms with Gasteiger partial charge in [0.05, 0.1) is 0 Å². The molecular formula is C21H17ClN6O4S. The number of nitrogens with one attached hydrogen (secondary N) is 2. The lowest BCUT2D eigenvalue weighted by molar-refractivity contribution is -0.122. The molecule has 4 aromatic rings. The van der Waals surface area contributed by atoms with Crippen molar-refractivity contribution in [2.75, 3.05) is 10.6 Å². The highest BCUT2D eigenvalue weighted by molar-refractivity contribution is 7.18. The molecule has 0 radical (unpaired) electrons. The highest BCUT2D eigenvalue weighted by Gasteiger charge is 2.35. The van der Waals surface area contributed by atoms with Gasteiger partial charge in [-0.1, -0.05) is 40.2 Å². The first-order valence-electron chi connectivity index (χ1n) is 10.0. The van der Waals surface area contributed by atoms with Gasteiger partial charge in [0.2, 0.25) is 17.6 Å². The number of nitrogens with zero attached hydrogens (tertiary/aromatic N) is 4. The molecule has 0 spiro atoms. The van der Waals surface area contributed by atoms with E-state index in [4.69, 9.17) is 21.2 Å². The molecule has 33 heavy (non-hydrogen) atoms. The zero-order valence-electron chi connectivity index (χ0n) is 17.2. The van der Waals surface area contributed by atoms with E-state index in [0.717, 1.165) is 33.5 Å². The first-order valence-corrected chi connectivity index (χ1v) is 11.2. The second-order valence-electron chi connectivity index (χ2n) is 7.68. The number of rotatable bonds is 6. The lowest BCUT2D eigenvalue weighted by Gasteiger charge is -2.35. The number of hydrogen-bond donors (Lipinski definition) is 3. The summed E-state index contributed by atoms with van der Waals surface area (Å²) in [7, 11) is 0. The van der Waals surface area contributed by atoms with Gasteiger partial charge < -0.3 is 20.3 Å². The molecule has 3 N–H and O–H groups in total. The Morgan fingerprint density at radius 2 is 2.06 bits per heavy atom. The monoisotopic (exact) mass is 484 g/mol. The maximum atomic E-state index is 12.5. The number of anilines is 2. The molecule has 1 fully saturated rings. The summed E-state index contributed by atoms with van der Waals surface area (Å²) < 4.78 is 5.08. The van der Waals surface area contributed by atoms with Gasteiger partial charge in [-0.05, 0) is 30.4 Å². The maximum Gasteiger partial charge on any atom is 0.349 e. The van der Waals surface area contributed by atoms with Crippen molar-refractivity contribution in [3.63, 3.8) is 0 Å². The molecule has 0 bridgehead atoms. The lowest BCUT2D eigenvalue weighted by Crippen LogP contribution is -2.42. The van der Waals surface area contributed by atoms with Crippen LogP contribution in [0, 0.1) is 12.8 Å². The summed E-state index contributed by atoms with van der Waals surface area (Å²) in [5.74, 6) is 0.121. The second kappa shape index (κ2) is 8.41. The van der Waals surface area contributed by atoms with E-state index in [0.29, 0.717) is 24.6 Å². The van der Waals surface area contributed by atoms with Crippen molar-refractivity contribution in [1.29, 1.82) is 0 Å². The quantitative estimate of drug-likeness (QED) is 0.366. The Morgan fingerprint density at radius 1 is 1.24 bits per heavy atom. The molecule has 1 aliphatic carbocycles. The van der Waals surface area contributed by atoms with Gasteiger partial charge in [0.25, 0.3) is 0 Å². The van der Waals surface area contributed by atoms with Gasteiger partial charge in [-0.15, -0.1) is 0 Å². The number of carbonyl (C=O) groups is 2. The van der Waals surface area contributed by atoms with Crippen LogP contribution in [-0.2, 0) is 4.79 Å². The largest absolute Gasteiger partial charge is 0.477 e. The minimum absolute atomic E-state index is 0.0735. The van der Waals surface area contributed by atoms with Crippen LogP contribution in [0.3, 0.4) is 0 Å². The van der Waals surface area contributed by atoms with Crippen LogP contribution in [-0.4, -0.2) is 43.1 Å². The molecule has 10 nitrogen and oxygen atoms in total. The van der Waals surface area contributed by atoms with Crippen molar-refractivity contribution in [2.45, 2.75) is 25.8 Å². The number of pyridine rings is 1. The fourth-order valence-corrected chi connectivity index (χ4v) is 4.71. The van der Waals surface area contributed by atoms with Gasteiger partial charge >= 0.3 is 5.97 Å². The van der Waals surface area contributed by atoms with Gasteiger partial charge in [0, 0.05) is 36.0 Å². The molecule has 1 aliphatic rings. The number of hydrogen-bond acceptors (Lipinski definition) is 9.